The van der Waals surface area contributed by atoms with E-state index in [2.05, 4.69) is 5.43 Å². The summed E-state index contributed by atoms with van der Waals surface area (Å²) >= 11 is 5.80. The summed E-state index contributed by atoms with van der Waals surface area (Å²) in [5, 5.41) is 0.356. The summed E-state index contributed by atoms with van der Waals surface area (Å²) in [4.78, 5) is 0. The Morgan fingerprint density at radius 1 is 1.14 bits per heavy atom. The molecular formula is C16H18ClFN2O. The van der Waals surface area contributed by atoms with E-state index in [0.717, 1.165) is 22.4 Å². The zero-order chi connectivity index (χ0) is 15.6. The third kappa shape index (κ3) is 3.18. The highest BCUT2D eigenvalue weighted by molar-refractivity contribution is 6.30. The summed E-state index contributed by atoms with van der Waals surface area (Å²) in [6.07, 6.45) is 0. The van der Waals surface area contributed by atoms with Crippen molar-refractivity contribution >= 4 is 11.6 Å². The maximum absolute atomic E-state index is 14.1. The van der Waals surface area contributed by atoms with E-state index in [0.29, 0.717) is 10.6 Å². The van der Waals surface area contributed by atoms with E-state index < -0.39 is 11.9 Å². The Hall–Kier alpha value is -1.62. The van der Waals surface area contributed by atoms with Crippen LogP contribution in [0.15, 0.2) is 30.3 Å². The van der Waals surface area contributed by atoms with Gasteiger partial charge in [0.15, 0.2) is 0 Å². The van der Waals surface area contributed by atoms with Gasteiger partial charge in [-0.05, 0) is 48.7 Å². The lowest BCUT2D eigenvalue weighted by Gasteiger charge is -2.21. The molecule has 21 heavy (non-hydrogen) atoms. The van der Waals surface area contributed by atoms with Gasteiger partial charge < -0.3 is 4.74 Å². The van der Waals surface area contributed by atoms with Crippen LogP contribution in [-0.2, 0) is 0 Å². The molecule has 2 aromatic rings. The van der Waals surface area contributed by atoms with Crippen molar-refractivity contribution in [3.63, 3.8) is 0 Å². The molecule has 0 radical (unpaired) electrons. The fourth-order valence-corrected chi connectivity index (χ4v) is 2.58. The van der Waals surface area contributed by atoms with Gasteiger partial charge >= 0.3 is 0 Å². The quantitative estimate of drug-likeness (QED) is 0.669. The van der Waals surface area contributed by atoms with Gasteiger partial charge in [-0.25, -0.2) is 9.82 Å². The van der Waals surface area contributed by atoms with E-state index in [1.165, 1.54) is 6.07 Å². The third-order valence-electron chi connectivity index (χ3n) is 3.53. The van der Waals surface area contributed by atoms with Gasteiger partial charge in [0.05, 0.1) is 13.2 Å². The van der Waals surface area contributed by atoms with Gasteiger partial charge in [0, 0.05) is 10.6 Å². The van der Waals surface area contributed by atoms with E-state index in [1.54, 1.807) is 19.2 Å². The largest absolute Gasteiger partial charge is 0.496 e. The van der Waals surface area contributed by atoms with Gasteiger partial charge in [-0.15, -0.1) is 0 Å². The molecule has 0 heterocycles. The standard InChI is InChI=1S/C16H18ClFN2O/c1-9-7-15(21-3)10(2)6-13(9)16(20-19)12-5-4-11(17)8-14(12)18/h4-8,16,20H,19H2,1-3H3. The average molecular weight is 309 g/mol. The van der Waals surface area contributed by atoms with Crippen LogP contribution in [0, 0.1) is 19.7 Å². The minimum absolute atomic E-state index is 0.356. The van der Waals surface area contributed by atoms with Gasteiger partial charge in [-0.2, -0.15) is 0 Å². The van der Waals surface area contributed by atoms with Crippen LogP contribution in [-0.4, -0.2) is 7.11 Å². The zero-order valence-corrected chi connectivity index (χ0v) is 13.0. The maximum atomic E-state index is 14.1. The summed E-state index contributed by atoms with van der Waals surface area (Å²) in [5.74, 6) is 6.06. The normalized spacial score (nSPS) is 12.3. The number of benzene rings is 2. The Balaban J connectivity index is 2.53. The number of methoxy groups -OCH3 is 1. The van der Waals surface area contributed by atoms with Crippen LogP contribution in [0.25, 0.3) is 0 Å². The van der Waals surface area contributed by atoms with E-state index in [9.17, 15) is 4.39 Å². The van der Waals surface area contributed by atoms with Crippen molar-refractivity contribution in [3.05, 3.63) is 63.4 Å². The second kappa shape index (κ2) is 6.43. The number of aryl methyl sites for hydroxylation is 2. The first kappa shape index (κ1) is 15.8. The van der Waals surface area contributed by atoms with Gasteiger partial charge in [-0.3, -0.25) is 5.84 Å². The van der Waals surface area contributed by atoms with E-state index in [1.807, 2.05) is 26.0 Å². The van der Waals surface area contributed by atoms with Crippen molar-refractivity contribution in [1.29, 1.82) is 0 Å². The van der Waals surface area contributed by atoms with E-state index in [4.69, 9.17) is 22.2 Å². The van der Waals surface area contributed by atoms with Crippen molar-refractivity contribution in [3.8, 4) is 5.75 Å². The molecule has 0 saturated carbocycles. The second-order valence-electron chi connectivity index (χ2n) is 4.94. The minimum atomic E-state index is -0.452. The van der Waals surface area contributed by atoms with E-state index >= 15 is 0 Å². The molecule has 2 rings (SSSR count). The number of hydrogen-bond donors (Lipinski definition) is 2. The lowest BCUT2D eigenvalue weighted by atomic mass is 9.93. The lowest BCUT2D eigenvalue weighted by Crippen LogP contribution is -2.30. The molecule has 112 valence electrons. The molecule has 0 fully saturated rings. The first-order chi connectivity index (χ1) is 9.97. The molecule has 0 bridgehead atoms. The SMILES string of the molecule is COc1cc(C)c(C(NN)c2ccc(Cl)cc2F)cc1C. The number of hydrazine groups is 1. The fraction of sp³-hybridized carbons (Fsp3) is 0.250. The van der Waals surface area contributed by atoms with Gasteiger partial charge in [0.1, 0.15) is 11.6 Å². The molecule has 3 N–H and O–H groups in total. The molecule has 0 aliphatic rings. The number of nitrogens with two attached hydrogens (primary N) is 1. The number of nitrogens with one attached hydrogen (secondary N) is 1. The second-order valence-corrected chi connectivity index (χ2v) is 5.38. The first-order valence-corrected chi connectivity index (χ1v) is 6.92. The molecule has 1 unspecified atom stereocenters. The van der Waals surface area contributed by atoms with Crippen LogP contribution in [0.3, 0.4) is 0 Å². The minimum Gasteiger partial charge on any atom is -0.496 e. The molecule has 0 aromatic heterocycles. The molecule has 3 nitrogen and oxygen atoms in total. The predicted octanol–water partition coefficient (Wildman–Crippen LogP) is 3.66. The smallest absolute Gasteiger partial charge is 0.129 e. The fourth-order valence-electron chi connectivity index (χ4n) is 2.43. The monoisotopic (exact) mass is 308 g/mol. The maximum Gasteiger partial charge on any atom is 0.129 e. The summed E-state index contributed by atoms with van der Waals surface area (Å²) in [6.45, 7) is 3.88. The molecule has 5 heteroatoms. The predicted molar refractivity (Wildman–Crippen MR) is 83.0 cm³/mol. The molecule has 0 amide bonds. The van der Waals surface area contributed by atoms with Crippen LogP contribution in [0.4, 0.5) is 4.39 Å². The van der Waals surface area contributed by atoms with Crippen molar-refractivity contribution in [2.45, 2.75) is 19.9 Å². The number of hydrogen-bond acceptors (Lipinski definition) is 3. The topological polar surface area (TPSA) is 47.3 Å². The molecule has 0 aliphatic heterocycles. The Morgan fingerprint density at radius 2 is 1.86 bits per heavy atom. The van der Waals surface area contributed by atoms with Crippen LogP contribution in [0.1, 0.15) is 28.3 Å². The molecule has 0 aliphatic carbocycles. The zero-order valence-electron chi connectivity index (χ0n) is 12.2. The third-order valence-corrected chi connectivity index (χ3v) is 3.77. The van der Waals surface area contributed by atoms with Gasteiger partial charge in [-0.1, -0.05) is 23.7 Å². The summed E-state index contributed by atoms with van der Waals surface area (Å²) < 4.78 is 19.4. The molecule has 2 aromatic carbocycles. The number of halogens is 2. The van der Waals surface area contributed by atoms with Gasteiger partial charge in [0.25, 0.3) is 0 Å². The Kier molecular flexibility index (Phi) is 4.83. The summed E-state index contributed by atoms with van der Waals surface area (Å²) in [6, 6.07) is 7.99. The van der Waals surface area contributed by atoms with Gasteiger partial charge in [0.2, 0.25) is 0 Å². The van der Waals surface area contributed by atoms with Crippen molar-refractivity contribution in [2.24, 2.45) is 5.84 Å². The van der Waals surface area contributed by atoms with Crippen LogP contribution < -0.4 is 16.0 Å². The average Bonchev–Trinajstić information content (AvgIpc) is 2.45. The molecule has 0 spiro atoms. The number of rotatable bonds is 4. The van der Waals surface area contributed by atoms with Crippen molar-refractivity contribution in [1.82, 2.24) is 5.43 Å². The molecule has 1 atom stereocenters. The summed E-state index contributed by atoms with van der Waals surface area (Å²) in [5.41, 5.74) is 5.96. The molecular weight excluding hydrogens is 291 g/mol. The Bertz CT molecular complexity index is 661. The number of ether oxygens (including phenoxy) is 1. The lowest BCUT2D eigenvalue weighted by molar-refractivity contribution is 0.411. The van der Waals surface area contributed by atoms with Crippen molar-refractivity contribution < 1.29 is 9.13 Å². The Labute approximate surface area is 128 Å². The Morgan fingerprint density at radius 3 is 2.43 bits per heavy atom. The van der Waals surface area contributed by atoms with Crippen LogP contribution in [0.2, 0.25) is 5.02 Å². The van der Waals surface area contributed by atoms with Crippen molar-refractivity contribution in [2.75, 3.05) is 7.11 Å². The van der Waals surface area contributed by atoms with Crippen LogP contribution >= 0.6 is 11.6 Å². The van der Waals surface area contributed by atoms with E-state index in [-0.39, 0.29) is 0 Å². The highest BCUT2D eigenvalue weighted by Crippen LogP contribution is 2.31. The summed E-state index contributed by atoms with van der Waals surface area (Å²) in [7, 11) is 1.62. The first-order valence-electron chi connectivity index (χ1n) is 6.54. The molecule has 0 saturated heterocycles. The van der Waals surface area contributed by atoms with Crippen LogP contribution in [0.5, 0.6) is 5.75 Å². The highest BCUT2D eigenvalue weighted by Gasteiger charge is 2.20. The highest BCUT2D eigenvalue weighted by atomic mass is 35.5.